The van der Waals surface area contributed by atoms with E-state index in [1.807, 2.05) is 0 Å². The summed E-state index contributed by atoms with van der Waals surface area (Å²) < 4.78 is 0. The third-order valence-electron chi connectivity index (χ3n) is 4.91. The quantitative estimate of drug-likeness (QED) is 0.603. The molecule has 0 nitrogen and oxygen atoms in total. The van der Waals surface area contributed by atoms with E-state index in [0.29, 0.717) is 0 Å². The molecular formula is C20H18Si. The number of fused-ring (bicyclic) bond motifs is 3. The van der Waals surface area contributed by atoms with Gasteiger partial charge in [0.25, 0.3) is 0 Å². The summed E-state index contributed by atoms with van der Waals surface area (Å²) in [6, 6.07) is 26.9. The molecule has 0 saturated heterocycles. The average Bonchev–Trinajstić information content (AvgIpc) is 2.79. The van der Waals surface area contributed by atoms with Crippen LogP contribution < -0.4 is 15.6 Å². The highest BCUT2D eigenvalue weighted by atomic mass is 28.3. The first kappa shape index (κ1) is 12.6. The highest BCUT2D eigenvalue weighted by molar-refractivity contribution is 7.13. The molecule has 0 amide bonds. The van der Waals surface area contributed by atoms with Crippen LogP contribution in [-0.2, 0) is 0 Å². The van der Waals surface area contributed by atoms with E-state index in [-0.39, 0.29) is 0 Å². The van der Waals surface area contributed by atoms with E-state index in [4.69, 9.17) is 0 Å². The minimum atomic E-state index is -1.85. The van der Waals surface area contributed by atoms with Gasteiger partial charge in [-0.2, -0.15) is 0 Å². The number of benzene rings is 3. The Morgan fingerprint density at radius 2 is 1.00 bits per heavy atom. The van der Waals surface area contributed by atoms with Gasteiger partial charge in [-0.1, -0.05) is 84.9 Å². The zero-order valence-electron chi connectivity index (χ0n) is 12.4. The molecule has 0 bridgehead atoms. The van der Waals surface area contributed by atoms with Crippen LogP contribution in [0.4, 0.5) is 0 Å². The molecule has 1 aliphatic rings. The standard InChI is InChI=1S/C20H18Si/c1-15-9-3-6-12-18(15)21(2)19-13-7-4-10-16(19)17-11-5-8-14-20(17)21/h3-14H,1-2H3. The van der Waals surface area contributed by atoms with Gasteiger partial charge in [0.1, 0.15) is 8.07 Å². The van der Waals surface area contributed by atoms with E-state index in [9.17, 15) is 0 Å². The van der Waals surface area contributed by atoms with E-state index in [0.717, 1.165) is 0 Å². The van der Waals surface area contributed by atoms with Crippen molar-refractivity contribution in [3.05, 3.63) is 78.4 Å². The molecule has 1 heteroatoms. The van der Waals surface area contributed by atoms with Crippen molar-refractivity contribution in [1.82, 2.24) is 0 Å². The van der Waals surface area contributed by atoms with Crippen LogP contribution in [0.3, 0.4) is 0 Å². The molecule has 0 spiro atoms. The number of hydrogen-bond donors (Lipinski definition) is 0. The van der Waals surface area contributed by atoms with Gasteiger partial charge in [-0.3, -0.25) is 0 Å². The molecule has 21 heavy (non-hydrogen) atoms. The highest BCUT2D eigenvalue weighted by Gasteiger charge is 2.43. The molecule has 0 fully saturated rings. The Kier molecular flexibility index (Phi) is 2.66. The van der Waals surface area contributed by atoms with Crippen molar-refractivity contribution in [2.24, 2.45) is 0 Å². The van der Waals surface area contributed by atoms with E-state index >= 15 is 0 Å². The molecule has 4 rings (SSSR count). The van der Waals surface area contributed by atoms with Crippen LogP contribution in [0.1, 0.15) is 5.56 Å². The fourth-order valence-electron chi connectivity index (χ4n) is 3.88. The SMILES string of the molecule is Cc1ccccc1[Si]1(C)c2ccccc2-c2ccccc21. The van der Waals surface area contributed by atoms with Gasteiger partial charge in [-0.05, 0) is 33.6 Å². The van der Waals surface area contributed by atoms with Gasteiger partial charge in [0, 0.05) is 0 Å². The lowest BCUT2D eigenvalue weighted by Gasteiger charge is -2.27. The van der Waals surface area contributed by atoms with Gasteiger partial charge in [0.05, 0.1) is 0 Å². The summed E-state index contributed by atoms with van der Waals surface area (Å²) in [4.78, 5) is 0. The summed E-state index contributed by atoms with van der Waals surface area (Å²) in [6.45, 7) is 4.75. The summed E-state index contributed by atoms with van der Waals surface area (Å²) in [7, 11) is -1.85. The lowest BCUT2D eigenvalue weighted by molar-refractivity contribution is 1.50. The first-order valence-corrected chi connectivity index (χ1v) is 9.98. The molecule has 3 aromatic carbocycles. The van der Waals surface area contributed by atoms with Crippen LogP contribution in [0.2, 0.25) is 6.55 Å². The molecule has 1 aliphatic heterocycles. The van der Waals surface area contributed by atoms with Crippen molar-refractivity contribution in [3.63, 3.8) is 0 Å². The van der Waals surface area contributed by atoms with Gasteiger partial charge in [0.2, 0.25) is 0 Å². The molecule has 0 radical (unpaired) electrons. The Hall–Kier alpha value is -2.12. The van der Waals surface area contributed by atoms with Crippen molar-refractivity contribution in [2.75, 3.05) is 0 Å². The van der Waals surface area contributed by atoms with E-state index < -0.39 is 8.07 Å². The van der Waals surface area contributed by atoms with E-state index in [2.05, 4.69) is 86.3 Å². The van der Waals surface area contributed by atoms with Crippen LogP contribution in [-0.4, -0.2) is 8.07 Å². The molecule has 0 atom stereocenters. The van der Waals surface area contributed by atoms with Crippen molar-refractivity contribution in [2.45, 2.75) is 13.5 Å². The lowest BCUT2D eigenvalue weighted by Crippen LogP contribution is -2.63. The average molecular weight is 286 g/mol. The number of hydrogen-bond acceptors (Lipinski definition) is 0. The second-order valence-corrected chi connectivity index (χ2v) is 9.90. The molecule has 0 N–H and O–H groups in total. The normalized spacial score (nSPS) is 14.6. The minimum absolute atomic E-state index is 1.41. The molecule has 0 aromatic heterocycles. The maximum Gasteiger partial charge on any atom is 0.147 e. The second kappa shape index (κ2) is 4.44. The molecule has 0 unspecified atom stereocenters. The molecule has 3 aromatic rings. The zero-order valence-corrected chi connectivity index (χ0v) is 13.4. The molecule has 0 aliphatic carbocycles. The Morgan fingerprint density at radius 1 is 0.571 bits per heavy atom. The number of aryl methyl sites for hydroxylation is 1. The Balaban J connectivity index is 2.12. The smallest absolute Gasteiger partial charge is 0.0623 e. The fourth-order valence-corrected chi connectivity index (χ4v) is 8.42. The van der Waals surface area contributed by atoms with Gasteiger partial charge >= 0.3 is 0 Å². The summed E-state index contributed by atoms with van der Waals surface area (Å²) in [5.74, 6) is 0. The monoisotopic (exact) mass is 286 g/mol. The van der Waals surface area contributed by atoms with Crippen LogP contribution >= 0.6 is 0 Å². The largest absolute Gasteiger partial charge is 0.147 e. The molecular weight excluding hydrogens is 268 g/mol. The maximum absolute atomic E-state index is 2.50. The predicted octanol–water partition coefficient (Wildman–Crippen LogP) is 3.08. The van der Waals surface area contributed by atoms with Gasteiger partial charge in [-0.25, -0.2) is 0 Å². The van der Waals surface area contributed by atoms with Gasteiger partial charge < -0.3 is 0 Å². The van der Waals surface area contributed by atoms with E-state index in [1.54, 1.807) is 15.6 Å². The zero-order chi connectivity index (χ0) is 14.4. The second-order valence-electron chi connectivity index (χ2n) is 6.03. The third-order valence-corrected chi connectivity index (χ3v) is 9.57. The van der Waals surface area contributed by atoms with Crippen molar-refractivity contribution < 1.29 is 0 Å². The number of rotatable bonds is 1. The van der Waals surface area contributed by atoms with Crippen LogP contribution in [0.5, 0.6) is 0 Å². The lowest BCUT2D eigenvalue weighted by atomic mass is 10.1. The molecule has 0 saturated carbocycles. The van der Waals surface area contributed by atoms with Crippen molar-refractivity contribution in [1.29, 1.82) is 0 Å². The van der Waals surface area contributed by atoms with Crippen LogP contribution in [0.15, 0.2) is 72.8 Å². The maximum atomic E-state index is 2.50. The van der Waals surface area contributed by atoms with Crippen molar-refractivity contribution >= 4 is 23.6 Å². The van der Waals surface area contributed by atoms with Crippen LogP contribution in [0, 0.1) is 6.92 Å². The predicted molar refractivity (Wildman–Crippen MR) is 93.6 cm³/mol. The Bertz CT molecular complexity index is 787. The minimum Gasteiger partial charge on any atom is -0.0623 e. The summed E-state index contributed by atoms with van der Waals surface area (Å²) in [5.41, 5.74) is 4.29. The first-order chi connectivity index (χ1) is 10.2. The van der Waals surface area contributed by atoms with E-state index in [1.165, 1.54) is 16.7 Å². The first-order valence-electron chi connectivity index (χ1n) is 7.48. The molecule has 1 heterocycles. The van der Waals surface area contributed by atoms with Gasteiger partial charge in [-0.15, -0.1) is 0 Å². The summed E-state index contributed by atoms with van der Waals surface area (Å²) in [6.07, 6.45) is 0. The van der Waals surface area contributed by atoms with Crippen LogP contribution in [0.25, 0.3) is 11.1 Å². The Morgan fingerprint density at radius 3 is 1.52 bits per heavy atom. The summed E-state index contributed by atoms with van der Waals surface area (Å²) in [5, 5.41) is 4.66. The summed E-state index contributed by atoms with van der Waals surface area (Å²) >= 11 is 0. The topological polar surface area (TPSA) is 0 Å². The fraction of sp³-hybridized carbons (Fsp3) is 0.100. The Labute approximate surface area is 127 Å². The van der Waals surface area contributed by atoms with Gasteiger partial charge in [0.15, 0.2) is 0 Å². The van der Waals surface area contributed by atoms with Crippen molar-refractivity contribution in [3.8, 4) is 11.1 Å². The third kappa shape index (κ3) is 1.61. The molecule has 102 valence electrons. The highest BCUT2D eigenvalue weighted by Crippen LogP contribution is 2.28.